The summed E-state index contributed by atoms with van der Waals surface area (Å²) in [5.74, 6) is -0.757. The third kappa shape index (κ3) is 2.08. The van der Waals surface area contributed by atoms with Gasteiger partial charge in [-0.15, -0.1) is 11.8 Å². The zero-order valence-corrected chi connectivity index (χ0v) is 15.3. The van der Waals surface area contributed by atoms with Gasteiger partial charge in [-0.2, -0.15) is 0 Å². The first-order chi connectivity index (χ1) is 12.5. The van der Waals surface area contributed by atoms with Crippen molar-refractivity contribution >= 4 is 40.9 Å². The highest BCUT2D eigenvalue weighted by Crippen LogP contribution is 2.57. The van der Waals surface area contributed by atoms with E-state index in [2.05, 4.69) is 0 Å². The minimum Gasteiger partial charge on any atom is -0.283 e. The quantitative estimate of drug-likeness (QED) is 0.818. The minimum atomic E-state index is -1.24. The van der Waals surface area contributed by atoms with E-state index in [0.29, 0.717) is 16.9 Å². The summed E-state index contributed by atoms with van der Waals surface area (Å²) in [6.07, 6.45) is 0.218. The SMILES string of the molecule is CCC(=O)N1C(=O)[C@@]2(S[C@H](C)C(=O)N2c2ccccc2)c2ccccc21. The van der Waals surface area contributed by atoms with Crippen molar-refractivity contribution < 1.29 is 14.4 Å². The minimum absolute atomic E-state index is 0.129. The lowest BCUT2D eigenvalue weighted by Crippen LogP contribution is -2.51. The molecule has 132 valence electrons. The lowest BCUT2D eigenvalue weighted by molar-refractivity contribution is -0.128. The molecule has 2 aromatic carbocycles. The van der Waals surface area contributed by atoms with Crippen molar-refractivity contribution in [2.45, 2.75) is 30.4 Å². The molecule has 1 saturated heterocycles. The van der Waals surface area contributed by atoms with Crippen molar-refractivity contribution in [3.8, 4) is 0 Å². The van der Waals surface area contributed by atoms with Crippen LogP contribution in [-0.2, 0) is 19.3 Å². The zero-order chi connectivity index (χ0) is 18.5. The standard InChI is InChI=1S/C20H18N2O3S/c1-3-17(23)21-16-12-8-7-11-15(16)20(19(21)25)22(18(24)13(2)26-20)14-9-5-4-6-10-14/h4-13H,3H2,1-2H3/t13-,20+/m1/s1. The maximum atomic E-state index is 13.6. The van der Waals surface area contributed by atoms with Crippen molar-refractivity contribution in [2.75, 3.05) is 9.80 Å². The molecule has 5 nitrogen and oxygen atoms in total. The molecule has 0 saturated carbocycles. The van der Waals surface area contributed by atoms with Crippen LogP contribution in [0, 0.1) is 0 Å². The van der Waals surface area contributed by atoms with Crippen molar-refractivity contribution in [1.29, 1.82) is 0 Å². The maximum Gasteiger partial charge on any atom is 0.275 e. The largest absolute Gasteiger partial charge is 0.283 e. The van der Waals surface area contributed by atoms with Crippen LogP contribution in [0.1, 0.15) is 25.8 Å². The van der Waals surface area contributed by atoms with E-state index in [0.717, 1.165) is 0 Å². The van der Waals surface area contributed by atoms with E-state index >= 15 is 0 Å². The van der Waals surface area contributed by atoms with Gasteiger partial charge >= 0.3 is 0 Å². The van der Waals surface area contributed by atoms with Crippen LogP contribution in [0.25, 0.3) is 0 Å². The summed E-state index contributed by atoms with van der Waals surface area (Å²) in [6.45, 7) is 3.53. The molecule has 2 aliphatic rings. The number of fused-ring (bicyclic) bond motifs is 2. The smallest absolute Gasteiger partial charge is 0.275 e. The van der Waals surface area contributed by atoms with Crippen LogP contribution in [0.5, 0.6) is 0 Å². The van der Waals surface area contributed by atoms with Gasteiger partial charge in [0, 0.05) is 17.7 Å². The van der Waals surface area contributed by atoms with Gasteiger partial charge < -0.3 is 0 Å². The second kappa shape index (κ2) is 5.99. The van der Waals surface area contributed by atoms with Crippen molar-refractivity contribution in [3.63, 3.8) is 0 Å². The Balaban J connectivity index is 1.98. The number of benzene rings is 2. The topological polar surface area (TPSA) is 57.7 Å². The first-order valence-electron chi connectivity index (χ1n) is 8.56. The van der Waals surface area contributed by atoms with Crippen LogP contribution in [0.4, 0.5) is 11.4 Å². The van der Waals surface area contributed by atoms with Gasteiger partial charge in [0.1, 0.15) is 0 Å². The number of para-hydroxylation sites is 2. The lowest BCUT2D eigenvalue weighted by atomic mass is 10.0. The first-order valence-corrected chi connectivity index (χ1v) is 9.44. The third-order valence-electron chi connectivity index (χ3n) is 4.80. The Kier molecular flexibility index (Phi) is 3.88. The fraction of sp³-hybridized carbons (Fsp3) is 0.250. The summed E-state index contributed by atoms with van der Waals surface area (Å²) in [5.41, 5.74) is 1.92. The number of carbonyl (C=O) groups excluding carboxylic acids is 3. The van der Waals surface area contributed by atoms with Crippen molar-refractivity contribution in [3.05, 3.63) is 60.2 Å². The van der Waals surface area contributed by atoms with Gasteiger partial charge in [0.15, 0.2) is 0 Å². The van der Waals surface area contributed by atoms with Crippen LogP contribution < -0.4 is 9.80 Å². The van der Waals surface area contributed by atoms with Gasteiger partial charge in [-0.25, -0.2) is 4.90 Å². The molecule has 3 amide bonds. The van der Waals surface area contributed by atoms with E-state index in [9.17, 15) is 14.4 Å². The number of anilines is 2. The highest BCUT2D eigenvalue weighted by molar-refractivity contribution is 8.03. The van der Waals surface area contributed by atoms with Gasteiger partial charge in [0.05, 0.1) is 10.9 Å². The number of thioether (sulfide) groups is 1. The molecular weight excluding hydrogens is 348 g/mol. The number of nitrogens with zero attached hydrogens (tertiary/aromatic N) is 2. The summed E-state index contributed by atoms with van der Waals surface area (Å²) < 4.78 is 0. The van der Waals surface area contributed by atoms with Crippen LogP contribution in [0.3, 0.4) is 0 Å². The molecule has 0 aromatic heterocycles. The average molecular weight is 366 g/mol. The van der Waals surface area contributed by atoms with Gasteiger partial charge in [-0.1, -0.05) is 43.3 Å². The Morgan fingerprint density at radius 1 is 1.08 bits per heavy atom. The number of hydrogen-bond acceptors (Lipinski definition) is 4. The first kappa shape index (κ1) is 16.8. The van der Waals surface area contributed by atoms with Gasteiger partial charge in [0.2, 0.25) is 16.7 Å². The molecule has 0 unspecified atom stereocenters. The molecular formula is C20H18N2O3S. The summed E-state index contributed by atoms with van der Waals surface area (Å²) in [5, 5.41) is -0.385. The zero-order valence-electron chi connectivity index (χ0n) is 14.5. The van der Waals surface area contributed by atoms with E-state index in [1.54, 1.807) is 30.9 Å². The van der Waals surface area contributed by atoms with Crippen LogP contribution in [0.15, 0.2) is 54.6 Å². The summed E-state index contributed by atoms with van der Waals surface area (Å²) in [7, 11) is 0. The Morgan fingerprint density at radius 3 is 2.42 bits per heavy atom. The maximum absolute atomic E-state index is 13.6. The number of hydrogen-bond donors (Lipinski definition) is 0. The highest BCUT2D eigenvalue weighted by Gasteiger charge is 2.63. The Bertz CT molecular complexity index is 914. The van der Waals surface area contributed by atoms with Crippen LogP contribution in [-0.4, -0.2) is 23.0 Å². The molecule has 2 aromatic rings. The molecule has 0 radical (unpaired) electrons. The molecule has 2 aliphatic heterocycles. The second-order valence-electron chi connectivity index (χ2n) is 6.32. The highest BCUT2D eigenvalue weighted by atomic mass is 32.2. The molecule has 4 rings (SSSR count). The van der Waals surface area contributed by atoms with E-state index in [1.807, 2.05) is 42.5 Å². The van der Waals surface area contributed by atoms with E-state index in [4.69, 9.17) is 0 Å². The number of rotatable bonds is 2. The molecule has 2 atom stereocenters. The molecule has 26 heavy (non-hydrogen) atoms. The molecule has 1 fully saturated rings. The number of amides is 3. The Hall–Kier alpha value is -2.60. The molecule has 6 heteroatoms. The van der Waals surface area contributed by atoms with Crippen molar-refractivity contribution in [2.24, 2.45) is 0 Å². The second-order valence-corrected chi connectivity index (χ2v) is 7.85. The Morgan fingerprint density at radius 2 is 1.73 bits per heavy atom. The summed E-state index contributed by atoms with van der Waals surface area (Å²) >= 11 is 1.30. The Labute approximate surface area is 156 Å². The van der Waals surface area contributed by atoms with Gasteiger partial charge in [-0.05, 0) is 25.1 Å². The lowest BCUT2D eigenvalue weighted by Gasteiger charge is -2.32. The average Bonchev–Trinajstić information content (AvgIpc) is 3.07. The number of imide groups is 1. The predicted molar refractivity (Wildman–Crippen MR) is 102 cm³/mol. The third-order valence-corrected chi connectivity index (χ3v) is 6.27. The predicted octanol–water partition coefficient (Wildman–Crippen LogP) is 3.29. The molecule has 2 heterocycles. The van der Waals surface area contributed by atoms with Gasteiger partial charge in [0.25, 0.3) is 5.91 Å². The number of carbonyl (C=O) groups is 3. The van der Waals surface area contributed by atoms with Crippen molar-refractivity contribution in [1.82, 2.24) is 0 Å². The van der Waals surface area contributed by atoms with E-state index in [-0.39, 0.29) is 29.4 Å². The molecule has 0 bridgehead atoms. The molecule has 1 spiro atoms. The molecule has 0 N–H and O–H groups in total. The normalized spacial score (nSPS) is 24.5. The molecule has 0 aliphatic carbocycles. The van der Waals surface area contributed by atoms with E-state index in [1.165, 1.54) is 16.7 Å². The fourth-order valence-corrected chi connectivity index (χ4v) is 5.16. The monoisotopic (exact) mass is 366 g/mol. The fourth-order valence-electron chi connectivity index (χ4n) is 3.65. The summed E-state index contributed by atoms with van der Waals surface area (Å²) in [4.78, 5) is 40.7. The summed E-state index contributed by atoms with van der Waals surface area (Å²) in [6, 6.07) is 16.4. The van der Waals surface area contributed by atoms with Crippen LogP contribution >= 0.6 is 11.8 Å². The van der Waals surface area contributed by atoms with Crippen LogP contribution in [0.2, 0.25) is 0 Å². The van der Waals surface area contributed by atoms with E-state index < -0.39 is 4.87 Å². The van der Waals surface area contributed by atoms with Gasteiger partial charge in [-0.3, -0.25) is 19.3 Å².